The largest absolute Gasteiger partial charge is 0.478 e. The molecule has 25 heavy (non-hydrogen) atoms. The highest BCUT2D eigenvalue weighted by Crippen LogP contribution is 2.26. The van der Waals surface area contributed by atoms with Crippen LogP contribution in [-0.4, -0.2) is 40.2 Å². The minimum Gasteiger partial charge on any atom is -0.478 e. The predicted molar refractivity (Wildman–Crippen MR) is 95.7 cm³/mol. The van der Waals surface area contributed by atoms with E-state index in [0.29, 0.717) is 18.1 Å². The van der Waals surface area contributed by atoms with Crippen LogP contribution in [0.2, 0.25) is 0 Å². The monoisotopic (exact) mass is 358 g/mol. The summed E-state index contributed by atoms with van der Waals surface area (Å²) in [5, 5.41) is 21.6. The van der Waals surface area contributed by atoms with Crippen molar-refractivity contribution in [1.29, 1.82) is 0 Å². The number of thiazole rings is 1. The molecule has 1 aliphatic heterocycles. The maximum Gasteiger partial charge on any atom is 0.328 e. The first kappa shape index (κ1) is 17.3. The van der Waals surface area contributed by atoms with Crippen molar-refractivity contribution < 1.29 is 19.8 Å². The van der Waals surface area contributed by atoms with Gasteiger partial charge in [-0.2, -0.15) is 0 Å². The van der Waals surface area contributed by atoms with Crippen LogP contribution >= 0.6 is 11.3 Å². The number of nitrogens with zero attached hydrogens (tertiary/aromatic N) is 1. The van der Waals surface area contributed by atoms with Crippen molar-refractivity contribution >= 4 is 34.9 Å². The minimum atomic E-state index is -1.26. The van der Waals surface area contributed by atoms with Gasteiger partial charge in [-0.1, -0.05) is 18.2 Å². The van der Waals surface area contributed by atoms with E-state index in [-0.39, 0.29) is 0 Å². The summed E-state index contributed by atoms with van der Waals surface area (Å²) in [6.07, 6.45) is 12.3. The van der Waals surface area contributed by atoms with E-state index in [1.54, 1.807) is 0 Å². The number of aliphatic carboxylic acids is 2. The molecule has 2 heterocycles. The number of fused-ring (bicyclic) bond motifs is 2. The molecule has 0 radical (unpaired) electrons. The number of rotatable bonds is 3. The topological polar surface area (TPSA) is 99.5 Å². The van der Waals surface area contributed by atoms with Crippen LogP contribution in [0.3, 0.4) is 0 Å². The molecule has 1 aromatic heterocycles. The molecule has 0 spiro atoms. The second-order valence-corrected chi connectivity index (χ2v) is 6.90. The van der Waals surface area contributed by atoms with Crippen molar-refractivity contribution in [2.75, 3.05) is 13.1 Å². The molecule has 3 aliphatic rings. The lowest BCUT2D eigenvalue weighted by Crippen LogP contribution is -2.19. The molecule has 3 N–H and O–H groups in total. The van der Waals surface area contributed by atoms with Gasteiger partial charge in [0.05, 0.1) is 14.9 Å². The Morgan fingerprint density at radius 3 is 2.68 bits per heavy atom. The van der Waals surface area contributed by atoms with E-state index < -0.39 is 11.9 Å². The molecule has 1 fully saturated rings. The number of nitrogens with one attached hydrogen (secondary N) is 1. The number of hydrogen-bond acceptors (Lipinski definition) is 5. The van der Waals surface area contributed by atoms with Gasteiger partial charge < -0.3 is 15.5 Å². The van der Waals surface area contributed by atoms with E-state index in [2.05, 4.69) is 29.6 Å². The van der Waals surface area contributed by atoms with Gasteiger partial charge in [0.25, 0.3) is 0 Å². The lowest BCUT2D eigenvalue weighted by molar-refractivity contribution is -0.134. The van der Waals surface area contributed by atoms with E-state index in [4.69, 9.17) is 15.2 Å². The van der Waals surface area contributed by atoms with Gasteiger partial charge >= 0.3 is 11.9 Å². The van der Waals surface area contributed by atoms with Crippen LogP contribution < -0.4 is 15.2 Å². The fraction of sp³-hybridized carbons (Fsp3) is 0.278. The van der Waals surface area contributed by atoms with Crippen molar-refractivity contribution in [2.45, 2.75) is 18.8 Å². The van der Waals surface area contributed by atoms with Crippen LogP contribution in [0.15, 0.2) is 36.0 Å². The average Bonchev–Trinajstić information content (AvgIpc) is 3.28. The quantitative estimate of drug-likeness (QED) is 0.690. The number of carboxylic acids is 2. The lowest BCUT2D eigenvalue weighted by atomic mass is 10.0. The molecule has 6 nitrogen and oxygen atoms in total. The molecule has 130 valence electrons. The molecular weight excluding hydrogens is 340 g/mol. The van der Waals surface area contributed by atoms with Crippen LogP contribution in [-0.2, 0) is 9.59 Å². The second kappa shape index (κ2) is 7.58. The Kier molecular flexibility index (Phi) is 5.25. The number of hydrogen-bond donors (Lipinski definition) is 3. The van der Waals surface area contributed by atoms with E-state index in [9.17, 15) is 9.59 Å². The molecule has 7 heteroatoms. The Hall–Kier alpha value is -2.51. The Bertz CT molecular complexity index is 886. The van der Waals surface area contributed by atoms with Crippen LogP contribution in [0, 0.1) is 0 Å². The van der Waals surface area contributed by atoms with Crippen molar-refractivity contribution in [3.63, 3.8) is 0 Å². The van der Waals surface area contributed by atoms with Crippen molar-refractivity contribution in [2.24, 2.45) is 0 Å². The van der Waals surface area contributed by atoms with E-state index in [0.717, 1.165) is 19.5 Å². The highest BCUT2D eigenvalue weighted by atomic mass is 32.1. The van der Waals surface area contributed by atoms with Crippen LogP contribution in [0.4, 0.5) is 0 Å². The van der Waals surface area contributed by atoms with Gasteiger partial charge in [0.15, 0.2) is 0 Å². The molecule has 0 bridgehead atoms. The fourth-order valence-electron chi connectivity index (χ4n) is 2.93. The summed E-state index contributed by atoms with van der Waals surface area (Å²) in [5.74, 6) is -1.87. The van der Waals surface area contributed by atoms with E-state index in [1.165, 1.54) is 32.5 Å². The third-order valence-electron chi connectivity index (χ3n) is 4.10. The van der Waals surface area contributed by atoms with Gasteiger partial charge in [-0.25, -0.2) is 14.6 Å². The average molecular weight is 358 g/mol. The standard InChI is InChI=1S/C14H14N2S.C4H4O4/c1-2-4-11-9(3-1)7-12-13(11)16-14(17-12)10-5-6-15-8-10;5-3(6)1-2-4(7)8/h1-3,7,10,15H,4-6,8H2;1-2H,(H,5,6)(H,7,8). The SMILES string of the molecule is C1=CCC2=c3nc(C4CCNC4)sc3=CC2=C1.O=C(O)C=CC(=O)O. The normalized spacial score (nSPS) is 20.4. The zero-order valence-electron chi connectivity index (χ0n) is 13.4. The van der Waals surface area contributed by atoms with E-state index in [1.807, 2.05) is 11.3 Å². The Morgan fingerprint density at radius 2 is 2.04 bits per heavy atom. The Balaban J connectivity index is 0.000000197. The van der Waals surface area contributed by atoms with Crippen LogP contribution in [0.5, 0.6) is 0 Å². The highest BCUT2D eigenvalue weighted by Gasteiger charge is 2.22. The second-order valence-electron chi connectivity index (χ2n) is 5.84. The first-order chi connectivity index (χ1) is 12.0. The first-order valence-electron chi connectivity index (χ1n) is 7.98. The minimum absolute atomic E-state index is 0.558. The van der Waals surface area contributed by atoms with Gasteiger partial charge in [-0.3, -0.25) is 0 Å². The van der Waals surface area contributed by atoms with E-state index >= 15 is 0 Å². The summed E-state index contributed by atoms with van der Waals surface area (Å²) in [6.45, 7) is 2.24. The molecule has 2 aliphatic carbocycles. The molecule has 1 atom stereocenters. The smallest absolute Gasteiger partial charge is 0.328 e. The Labute approximate surface area is 148 Å². The van der Waals surface area contributed by atoms with Crippen molar-refractivity contribution in [1.82, 2.24) is 10.3 Å². The van der Waals surface area contributed by atoms with Crippen molar-refractivity contribution in [3.8, 4) is 0 Å². The molecule has 1 aromatic rings. The number of aromatic nitrogens is 1. The summed E-state index contributed by atoms with van der Waals surface area (Å²) in [6, 6.07) is 0. The van der Waals surface area contributed by atoms with Gasteiger partial charge in [0.1, 0.15) is 0 Å². The summed E-state index contributed by atoms with van der Waals surface area (Å²) in [7, 11) is 0. The summed E-state index contributed by atoms with van der Waals surface area (Å²) in [4.78, 5) is 24.0. The maximum atomic E-state index is 9.55. The third-order valence-corrected chi connectivity index (χ3v) is 5.27. The van der Waals surface area contributed by atoms with Gasteiger partial charge in [0.2, 0.25) is 0 Å². The van der Waals surface area contributed by atoms with Crippen LogP contribution in [0.1, 0.15) is 23.8 Å². The van der Waals surface area contributed by atoms with Gasteiger partial charge in [-0.05, 0) is 36.6 Å². The number of carbonyl (C=O) groups is 2. The third kappa shape index (κ3) is 4.12. The predicted octanol–water partition coefficient (Wildman–Crippen LogP) is 0.763. The lowest BCUT2D eigenvalue weighted by Gasteiger charge is -2.05. The Morgan fingerprint density at radius 1 is 1.28 bits per heavy atom. The van der Waals surface area contributed by atoms with Crippen molar-refractivity contribution in [3.05, 3.63) is 50.8 Å². The molecule has 0 aromatic carbocycles. The van der Waals surface area contributed by atoms with Crippen LogP contribution in [0.25, 0.3) is 11.6 Å². The summed E-state index contributed by atoms with van der Waals surface area (Å²) in [5.41, 5.74) is 2.80. The molecule has 1 saturated heterocycles. The summed E-state index contributed by atoms with van der Waals surface area (Å²) >= 11 is 1.89. The molecule has 0 amide bonds. The van der Waals surface area contributed by atoms with Gasteiger partial charge in [-0.15, -0.1) is 11.3 Å². The highest BCUT2D eigenvalue weighted by molar-refractivity contribution is 7.09. The molecule has 0 saturated carbocycles. The number of allylic oxidation sites excluding steroid dienone is 4. The van der Waals surface area contributed by atoms with Gasteiger partial charge in [0, 0.05) is 24.6 Å². The maximum absolute atomic E-state index is 9.55. The fourth-order valence-corrected chi connectivity index (χ4v) is 4.11. The first-order valence-corrected chi connectivity index (χ1v) is 8.79. The zero-order valence-corrected chi connectivity index (χ0v) is 14.3. The summed E-state index contributed by atoms with van der Waals surface area (Å²) < 4.78 is 1.37. The molecule has 4 rings (SSSR count). The number of carboxylic acid groups (broad SMARTS) is 2. The zero-order chi connectivity index (χ0) is 17.8. The molecule has 1 unspecified atom stereocenters. The molecular formula is C18H18N2O4S.